The number of hydrogen-bond donors (Lipinski definition) is 1. The van der Waals surface area contributed by atoms with Crippen LogP contribution in [0.3, 0.4) is 0 Å². The van der Waals surface area contributed by atoms with Crippen molar-refractivity contribution in [1.29, 1.82) is 0 Å². The van der Waals surface area contributed by atoms with Gasteiger partial charge in [0.15, 0.2) is 11.0 Å². The highest BCUT2D eigenvalue weighted by atomic mass is 79.9. The lowest BCUT2D eigenvalue weighted by Crippen LogP contribution is -2.12. The maximum Gasteiger partial charge on any atom is 0.338 e. The van der Waals surface area contributed by atoms with E-state index in [-0.39, 0.29) is 11.0 Å². The van der Waals surface area contributed by atoms with E-state index in [1.807, 2.05) is 0 Å². The molecular weight excluding hydrogens is 362 g/mol. The minimum atomic E-state index is -0.438. The minimum Gasteiger partial charge on any atom is -0.462 e. The van der Waals surface area contributed by atoms with E-state index in [0.717, 1.165) is 0 Å². The molecule has 0 unspecified atom stereocenters. The first kappa shape index (κ1) is 15.6. The number of ether oxygens (including phenoxy) is 1. The number of esters is 1. The maximum atomic E-state index is 11.9. The van der Waals surface area contributed by atoms with Crippen LogP contribution < -0.4 is 5.32 Å². The maximum absolute atomic E-state index is 11.9. The molecule has 1 N–H and O–H groups in total. The van der Waals surface area contributed by atoms with Crippen LogP contribution in [-0.2, 0) is 4.74 Å². The zero-order valence-electron chi connectivity index (χ0n) is 11.0. The van der Waals surface area contributed by atoms with Crippen LogP contribution in [0.1, 0.15) is 27.8 Å². The number of amides is 1. The van der Waals surface area contributed by atoms with E-state index in [1.54, 1.807) is 25.1 Å². The first-order chi connectivity index (χ1) is 10.0. The van der Waals surface area contributed by atoms with Gasteiger partial charge in [0, 0.05) is 4.47 Å². The van der Waals surface area contributed by atoms with Crippen molar-refractivity contribution in [3.63, 3.8) is 0 Å². The van der Waals surface area contributed by atoms with Gasteiger partial charge in [-0.05, 0) is 64.8 Å². The monoisotopic (exact) mass is 371 g/mol. The molecule has 1 aromatic carbocycles. The number of furan rings is 1. The Hall–Kier alpha value is -1.79. The summed E-state index contributed by atoms with van der Waals surface area (Å²) in [7, 11) is 0. The summed E-state index contributed by atoms with van der Waals surface area (Å²) in [5.74, 6) is -0.762. The highest BCUT2D eigenvalue weighted by molar-refractivity contribution is 9.10. The molecule has 0 spiro atoms. The van der Waals surface area contributed by atoms with Gasteiger partial charge in [-0.3, -0.25) is 4.79 Å². The SMILES string of the molecule is CCOC(=O)c1ccc(NC(=O)c2ccc(Cl)o2)c(Br)c1. The summed E-state index contributed by atoms with van der Waals surface area (Å²) in [6.07, 6.45) is 0. The number of carbonyl (C=O) groups excluding carboxylic acids is 2. The average molecular weight is 373 g/mol. The molecule has 21 heavy (non-hydrogen) atoms. The van der Waals surface area contributed by atoms with Crippen molar-refractivity contribution in [1.82, 2.24) is 0 Å². The summed E-state index contributed by atoms with van der Waals surface area (Å²) in [6, 6.07) is 7.68. The average Bonchev–Trinajstić information content (AvgIpc) is 2.88. The van der Waals surface area contributed by atoms with E-state index < -0.39 is 11.9 Å². The summed E-state index contributed by atoms with van der Waals surface area (Å²) >= 11 is 8.91. The van der Waals surface area contributed by atoms with Crippen LogP contribution in [-0.4, -0.2) is 18.5 Å². The Morgan fingerprint density at radius 3 is 2.67 bits per heavy atom. The number of anilines is 1. The third kappa shape index (κ3) is 3.86. The molecular formula is C14H11BrClNO4. The van der Waals surface area contributed by atoms with Crippen molar-refractivity contribution in [3.8, 4) is 0 Å². The van der Waals surface area contributed by atoms with E-state index in [9.17, 15) is 9.59 Å². The molecule has 5 nitrogen and oxygen atoms in total. The summed E-state index contributed by atoms with van der Waals surface area (Å²) in [4.78, 5) is 23.5. The van der Waals surface area contributed by atoms with Crippen LogP contribution in [0.2, 0.25) is 5.22 Å². The van der Waals surface area contributed by atoms with Crippen molar-refractivity contribution >= 4 is 45.1 Å². The Morgan fingerprint density at radius 1 is 1.33 bits per heavy atom. The molecule has 1 heterocycles. The number of benzene rings is 1. The number of hydrogen-bond acceptors (Lipinski definition) is 4. The minimum absolute atomic E-state index is 0.0985. The van der Waals surface area contributed by atoms with Crippen LogP contribution in [0.4, 0.5) is 5.69 Å². The molecule has 0 saturated heterocycles. The van der Waals surface area contributed by atoms with Crippen LogP contribution in [0.15, 0.2) is 39.2 Å². The molecule has 7 heteroatoms. The van der Waals surface area contributed by atoms with Crippen molar-refractivity contribution in [2.24, 2.45) is 0 Å². The van der Waals surface area contributed by atoms with Gasteiger partial charge in [0.1, 0.15) is 0 Å². The van der Waals surface area contributed by atoms with Crippen LogP contribution in [0.5, 0.6) is 0 Å². The third-order valence-corrected chi connectivity index (χ3v) is 3.38. The molecule has 1 aromatic heterocycles. The molecule has 0 aliphatic rings. The molecule has 0 bridgehead atoms. The molecule has 0 aliphatic heterocycles. The van der Waals surface area contributed by atoms with Crippen LogP contribution in [0, 0.1) is 0 Å². The second-order valence-corrected chi connectivity index (χ2v) is 5.20. The fourth-order valence-corrected chi connectivity index (χ4v) is 2.20. The normalized spacial score (nSPS) is 10.2. The zero-order chi connectivity index (χ0) is 15.4. The van der Waals surface area contributed by atoms with Crippen molar-refractivity contribution in [2.75, 3.05) is 11.9 Å². The Balaban J connectivity index is 2.14. The standard InChI is InChI=1S/C14H11BrClNO4/c1-2-20-14(19)8-3-4-10(9(15)7-8)17-13(18)11-5-6-12(16)21-11/h3-7H,2H2,1H3,(H,17,18). The van der Waals surface area contributed by atoms with Crippen LogP contribution in [0.25, 0.3) is 0 Å². The van der Waals surface area contributed by atoms with Gasteiger partial charge < -0.3 is 14.5 Å². The predicted molar refractivity (Wildman–Crippen MR) is 81.8 cm³/mol. The van der Waals surface area contributed by atoms with E-state index in [2.05, 4.69) is 21.2 Å². The fourth-order valence-electron chi connectivity index (χ4n) is 1.58. The molecule has 0 atom stereocenters. The number of halogens is 2. The van der Waals surface area contributed by atoms with Gasteiger partial charge in [-0.15, -0.1) is 0 Å². The smallest absolute Gasteiger partial charge is 0.338 e. The van der Waals surface area contributed by atoms with E-state index in [0.29, 0.717) is 22.3 Å². The lowest BCUT2D eigenvalue weighted by Gasteiger charge is -2.08. The molecule has 0 aliphatic carbocycles. The number of rotatable bonds is 4. The highest BCUT2D eigenvalue weighted by Gasteiger charge is 2.14. The van der Waals surface area contributed by atoms with Gasteiger partial charge >= 0.3 is 5.97 Å². The Bertz CT molecular complexity index is 683. The summed E-state index contributed by atoms with van der Waals surface area (Å²) in [6.45, 7) is 2.03. The van der Waals surface area contributed by atoms with E-state index >= 15 is 0 Å². The van der Waals surface area contributed by atoms with E-state index in [4.69, 9.17) is 20.8 Å². The second kappa shape index (κ2) is 6.78. The first-order valence-electron chi connectivity index (χ1n) is 6.04. The van der Waals surface area contributed by atoms with Crippen LogP contribution >= 0.6 is 27.5 Å². The quantitative estimate of drug-likeness (QED) is 0.820. The molecule has 110 valence electrons. The Morgan fingerprint density at radius 2 is 2.10 bits per heavy atom. The van der Waals surface area contributed by atoms with E-state index in [1.165, 1.54) is 12.1 Å². The number of carbonyl (C=O) groups is 2. The van der Waals surface area contributed by atoms with Crippen molar-refractivity contribution < 1.29 is 18.7 Å². The van der Waals surface area contributed by atoms with Crippen molar-refractivity contribution in [3.05, 3.63) is 51.3 Å². The van der Waals surface area contributed by atoms with Gasteiger partial charge in [-0.25, -0.2) is 4.79 Å². The molecule has 0 fully saturated rings. The summed E-state index contributed by atoms with van der Waals surface area (Å²) < 4.78 is 10.5. The van der Waals surface area contributed by atoms with Gasteiger partial charge in [-0.1, -0.05) is 0 Å². The molecule has 2 aromatic rings. The molecule has 0 saturated carbocycles. The largest absolute Gasteiger partial charge is 0.462 e. The summed E-state index contributed by atoms with van der Waals surface area (Å²) in [5, 5.41) is 2.78. The lowest BCUT2D eigenvalue weighted by molar-refractivity contribution is 0.0526. The predicted octanol–water partition coefficient (Wildman–Crippen LogP) is 4.12. The topological polar surface area (TPSA) is 68.5 Å². The lowest BCUT2D eigenvalue weighted by atomic mass is 10.2. The zero-order valence-corrected chi connectivity index (χ0v) is 13.3. The first-order valence-corrected chi connectivity index (χ1v) is 7.21. The fraction of sp³-hybridized carbons (Fsp3) is 0.143. The van der Waals surface area contributed by atoms with Gasteiger partial charge in [0.2, 0.25) is 0 Å². The van der Waals surface area contributed by atoms with Gasteiger partial charge in [0.25, 0.3) is 5.91 Å². The Labute approximate surface area is 134 Å². The highest BCUT2D eigenvalue weighted by Crippen LogP contribution is 2.25. The summed E-state index contributed by atoms with van der Waals surface area (Å²) in [5.41, 5.74) is 0.892. The number of nitrogens with one attached hydrogen (secondary N) is 1. The Kier molecular flexibility index (Phi) is 5.03. The van der Waals surface area contributed by atoms with Gasteiger partial charge in [-0.2, -0.15) is 0 Å². The molecule has 0 radical (unpaired) electrons. The molecule has 1 amide bonds. The third-order valence-electron chi connectivity index (χ3n) is 2.53. The van der Waals surface area contributed by atoms with Crippen molar-refractivity contribution in [2.45, 2.75) is 6.92 Å². The molecule has 2 rings (SSSR count). The second-order valence-electron chi connectivity index (χ2n) is 3.97. The van der Waals surface area contributed by atoms with Gasteiger partial charge in [0.05, 0.1) is 17.9 Å².